The van der Waals surface area contributed by atoms with E-state index in [0.717, 1.165) is 14.7 Å². The SMILES string of the molecule is CCn1c(/C=C/c2cccc(C)c2)nc2ccc(I)cc2c1=O. The largest absolute Gasteiger partial charge is 0.293 e. The molecule has 1 aromatic heterocycles. The summed E-state index contributed by atoms with van der Waals surface area (Å²) < 4.78 is 2.75. The minimum Gasteiger partial charge on any atom is -0.293 e. The van der Waals surface area contributed by atoms with E-state index in [9.17, 15) is 4.79 Å². The Labute approximate surface area is 148 Å². The Bertz CT molecular complexity index is 957. The van der Waals surface area contributed by atoms with Gasteiger partial charge in [-0.25, -0.2) is 4.98 Å². The quantitative estimate of drug-likeness (QED) is 0.590. The summed E-state index contributed by atoms with van der Waals surface area (Å²) in [4.78, 5) is 17.3. The number of nitrogens with zero attached hydrogens (tertiary/aromatic N) is 2. The highest BCUT2D eigenvalue weighted by molar-refractivity contribution is 14.1. The molecule has 0 radical (unpaired) electrons. The van der Waals surface area contributed by atoms with Gasteiger partial charge in [0.25, 0.3) is 5.56 Å². The van der Waals surface area contributed by atoms with Crippen LogP contribution in [0.5, 0.6) is 0 Å². The molecule has 1 heterocycles. The summed E-state index contributed by atoms with van der Waals surface area (Å²) in [6, 6.07) is 14.0. The van der Waals surface area contributed by atoms with Crippen molar-refractivity contribution in [1.29, 1.82) is 0 Å². The Morgan fingerprint density at radius 1 is 1.17 bits per heavy atom. The van der Waals surface area contributed by atoms with Crippen molar-refractivity contribution in [3.63, 3.8) is 0 Å². The van der Waals surface area contributed by atoms with Crippen LogP contribution in [0.1, 0.15) is 23.9 Å². The maximum atomic E-state index is 12.7. The van der Waals surface area contributed by atoms with Crippen molar-refractivity contribution in [2.24, 2.45) is 0 Å². The van der Waals surface area contributed by atoms with Crippen molar-refractivity contribution in [3.05, 3.63) is 73.3 Å². The lowest BCUT2D eigenvalue weighted by molar-refractivity contribution is 0.708. The molecule has 0 atom stereocenters. The van der Waals surface area contributed by atoms with E-state index in [4.69, 9.17) is 0 Å². The van der Waals surface area contributed by atoms with Gasteiger partial charge >= 0.3 is 0 Å². The van der Waals surface area contributed by atoms with E-state index in [-0.39, 0.29) is 5.56 Å². The first-order chi connectivity index (χ1) is 11.1. The lowest BCUT2D eigenvalue weighted by Gasteiger charge is -2.09. The summed E-state index contributed by atoms with van der Waals surface area (Å²) in [6.45, 7) is 4.63. The van der Waals surface area contributed by atoms with Crippen LogP contribution in [0.25, 0.3) is 23.1 Å². The Balaban J connectivity index is 2.13. The Hall–Kier alpha value is -1.95. The van der Waals surface area contributed by atoms with E-state index in [1.54, 1.807) is 4.57 Å². The third-order valence-corrected chi connectivity index (χ3v) is 4.40. The number of aromatic nitrogens is 2. The zero-order chi connectivity index (χ0) is 16.4. The lowest BCUT2D eigenvalue weighted by atomic mass is 10.1. The normalized spacial score (nSPS) is 11.4. The number of aryl methyl sites for hydroxylation is 1. The van der Waals surface area contributed by atoms with Crippen molar-refractivity contribution < 1.29 is 0 Å². The van der Waals surface area contributed by atoms with E-state index < -0.39 is 0 Å². The van der Waals surface area contributed by atoms with Gasteiger partial charge in [-0.05, 0) is 66.3 Å². The van der Waals surface area contributed by atoms with Crippen molar-refractivity contribution in [3.8, 4) is 0 Å². The average Bonchev–Trinajstić information content (AvgIpc) is 2.54. The molecular formula is C19H17IN2O. The first-order valence-corrected chi connectivity index (χ1v) is 8.61. The molecular weight excluding hydrogens is 399 g/mol. The number of benzene rings is 2. The second kappa shape index (κ2) is 6.66. The van der Waals surface area contributed by atoms with Crippen LogP contribution in [0.4, 0.5) is 0 Å². The van der Waals surface area contributed by atoms with E-state index in [1.165, 1.54) is 5.56 Å². The van der Waals surface area contributed by atoms with Crippen LogP contribution >= 0.6 is 22.6 Å². The standard InChI is InChI=1S/C19H17IN2O/c1-3-22-18(10-7-14-6-4-5-13(2)11-14)21-17-9-8-15(20)12-16(17)19(22)23/h4-12H,3H2,1-2H3/b10-7+. The minimum absolute atomic E-state index is 0.0138. The van der Waals surface area contributed by atoms with E-state index >= 15 is 0 Å². The molecule has 3 aromatic rings. The number of hydrogen-bond acceptors (Lipinski definition) is 2. The molecule has 0 saturated heterocycles. The maximum absolute atomic E-state index is 12.7. The highest BCUT2D eigenvalue weighted by Gasteiger charge is 2.08. The van der Waals surface area contributed by atoms with E-state index in [1.807, 2.05) is 49.4 Å². The van der Waals surface area contributed by atoms with Gasteiger partial charge in [0.1, 0.15) is 5.82 Å². The Morgan fingerprint density at radius 2 is 2.00 bits per heavy atom. The number of rotatable bonds is 3. The van der Waals surface area contributed by atoms with Gasteiger partial charge in [0.05, 0.1) is 10.9 Å². The zero-order valence-electron chi connectivity index (χ0n) is 13.1. The molecule has 0 bridgehead atoms. The molecule has 3 nitrogen and oxygen atoms in total. The Morgan fingerprint density at radius 3 is 2.74 bits per heavy atom. The van der Waals surface area contributed by atoms with E-state index in [0.29, 0.717) is 17.8 Å². The summed E-state index contributed by atoms with van der Waals surface area (Å²) >= 11 is 2.21. The van der Waals surface area contributed by atoms with Gasteiger partial charge in [-0.2, -0.15) is 0 Å². The minimum atomic E-state index is 0.0138. The van der Waals surface area contributed by atoms with Crippen LogP contribution in [0, 0.1) is 10.5 Å². The first-order valence-electron chi connectivity index (χ1n) is 7.53. The van der Waals surface area contributed by atoms with Crippen molar-refractivity contribution in [2.75, 3.05) is 0 Å². The smallest absolute Gasteiger partial charge is 0.261 e. The van der Waals surface area contributed by atoms with Crippen LogP contribution in [0.2, 0.25) is 0 Å². The van der Waals surface area contributed by atoms with Gasteiger partial charge in [0, 0.05) is 10.1 Å². The van der Waals surface area contributed by atoms with Crippen LogP contribution in [0.15, 0.2) is 47.3 Å². The molecule has 0 N–H and O–H groups in total. The van der Waals surface area contributed by atoms with Gasteiger partial charge in [0.2, 0.25) is 0 Å². The highest BCUT2D eigenvalue weighted by Crippen LogP contribution is 2.15. The number of hydrogen-bond donors (Lipinski definition) is 0. The second-order valence-electron chi connectivity index (χ2n) is 5.43. The lowest BCUT2D eigenvalue weighted by Crippen LogP contribution is -2.23. The molecule has 0 amide bonds. The van der Waals surface area contributed by atoms with Gasteiger partial charge in [-0.15, -0.1) is 0 Å². The van der Waals surface area contributed by atoms with Gasteiger partial charge in [-0.1, -0.05) is 35.9 Å². The van der Waals surface area contributed by atoms with E-state index in [2.05, 4.69) is 46.6 Å². The third kappa shape index (κ3) is 3.37. The molecule has 116 valence electrons. The molecule has 2 aromatic carbocycles. The average molecular weight is 416 g/mol. The third-order valence-electron chi connectivity index (χ3n) is 3.73. The molecule has 0 unspecified atom stereocenters. The highest BCUT2D eigenvalue weighted by atomic mass is 127. The fourth-order valence-electron chi connectivity index (χ4n) is 2.59. The van der Waals surface area contributed by atoms with Crippen molar-refractivity contribution in [2.45, 2.75) is 20.4 Å². The van der Waals surface area contributed by atoms with Crippen LogP contribution in [-0.4, -0.2) is 9.55 Å². The number of halogens is 1. The van der Waals surface area contributed by atoms with Crippen LogP contribution in [0.3, 0.4) is 0 Å². The molecule has 3 rings (SSSR count). The van der Waals surface area contributed by atoms with Crippen molar-refractivity contribution >= 4 is 45.6 Å². The van der Waals surface area contributed by atoms with Gasteiger partial charge in [0.15, 0.2) is 0 Å². The topological polar surface area (TPSA) is 34.9 Å². The second-order valence-corrected chi connectivity index (χ2v) is 6.67. The summed E-state index contributed by atoms with van der Waals surface area (Å²) in [5.74, 6) is 0.688. The van der Waals surface area contributed by atoms with Crippen molar-refractivity contribution in [1.82, 2.24) is 9.55 Å². The molecule has 0 spiro atoms. The molecule has 0 aliphatic carbocycles. The molecule has 0 fully saturated rings. The summed E-state index contributed by atoms with van der Waals surface area (Å²) in [6.07, 6.45) is 3.91. The monoisotopic (exact) mass is 416 g/mol. The fourth-order valence-corrected chi connectivity index (χ4v) is 3.08. The fraction of sp³-hybridized carbons (Fsp3) is 0.158. The van der Waals surface area contributed by atoms with Crippen LogP contribution in [-0.2, 0) is 6.54 Å². The predicted molar refractivity (Wildman–Crippen MR) is 105 cm³/mol. The van der Waals surface area contributed by atoms with Crippen LogP contribution < -0.4 is 5.56 Å². The first kappa shape index (κ1) is 15.9. The number of fused-ring (bicyclic) bond motifs is 1. The summed E-state index contributed by atoms with van der Waals surface area (Å²) in [7, 11) is 0. The molecule has 0 aliphatic heterocycles. The maximum Gasteiger partial charge on any atom is 0.261 e. The predicted octanol–water partition coefficient (Wildman–Crippen LogP) is 4.50. The Kier molecular flexibility index (Phi) is 4.61. The van der Waals surface area contributed by atoms with Gasteiger partial charge in [-0.3, -0.25) is 9.36 Å². The molecule has 0 saturated carbocycles. The summed E-state index contributed by atoms with van der Waals surface area (Å²) in [5.41, 5.74) is 3.06. The molecule has 23 heavy (non-hydrogen) atoms. The summed E-state index contributed by atoms with van der Waals surface area (Å²) in [5, 5.41) is 0.673. The molecule has 0 aliphatic rings. The zero-order valence-corrected chi connectivity index (χ0v) is 15.2. The van der Waals surface area contributed by atoms with Gasteiger partial charge < -0.3 is 0 Å². The molecule has 4 heteroatoms.